The van der Waals surface area contributed by atoms with E-state index in [0.29, 0.717) is 17.6 Å². The molecule has 0 unspecified atom stereocenters. The molecule has 0 amide bonds. The molecule has 0 saturated carbocycles. The molecule has 6 heteroatoms. The molecule has 78 valence electrons. The van der Waals surface area contributed by atoms with Gasteiger partial charge in [0.1, 0.15) is 12.1 Å². The molecule has 2 N–H and O–H groups in total. The molecule has 2 rings (SSSR count). The van der Waals surface area contributed by atoms with E-state index >= 15 is 0 Å². The van der Waals surface area contributed by atoms with Crippen LogP contribution in [0.5, 0.6) is 11.8 Å². The SMILES string of the molecule is Cc1cc(Oc2cc(N)ncn2)n(C)n1. The largest absolute Gasteiger partial charge is 0.421 e. The van der Waals surface area contributed by atoms with Crippen molar-refractivity contribution in [3.63, 3.8) is 0 Å². The third kappa shape index (κ3) is 2.04. The molecule has 0 bridgehead atoms. The molecule has 0 radical (unpaired) electrons. The smallest absolute Gasteiger partial charge is 0.226 e. The minimum atomic E-state index is 0.374. The van der Waals surface area contributed by atoms with Gasteiger partial charge >= 0.3 is 0 Å². The Balaban J connectivity index is 2.25. The molecule has 0 aromatic carbocycles. The molecular formula is C9H11N5O. The molecule has 2 aromatic rings. The summed E-state index contributed by atoms with van der Waals surface area (Å²) in [6.45, 7) is 1.89. The molecule has 0 atom stereocenters. The summed E-state index contributed by atoms with van der Waals surface area (Å²) in [4.78, 5) is 7.70. The van der Waals surface area contributed by atoms with Crippen molar-refractivity contribution >= 4 is 5.82 Å². The van der Waals surface area contributed by atoms with Crippen molar-refractivity contribution in [1.82, 2.24) is 19.7 Å². The fourth-order valence-electron chi connectivity index (χ4n) is 1.20. The van der Waals surface area contributed by atoms with E-state index < -0.39 is 0 Å². The van der Waals surface area contributed by atoms with Crippen LogP contribution in [0.25, 0.3) is 0 Å². The Labute approximate surface area is 86.7 Å². The maximum atomic E-state index is 5.50. The maximum absolute atomic E-state index is 5.50. The van der Waals surface area contributed by atoms with E-state index in [9.17, 15) is 0 Å². The summed E-state index contributed by atoms with van der Waals surface area (Å²) in [6.07, 6.45) is 1.36. The van der Waals surface area contributed by atoms with Crippen LogP contribution in [-0.4, -0.2) is 19.7 Å². The maximum Gasteiger partial charge on any atom is 0.226 e. The number of rotatable bonds is 2. The molecule has 2 heterocycles. The van der Waals surface area contributed by atoms with E-state index in [1.54, 1.807) is 17.8 Å². The van der Waals surface area contributed by atoms with E-state index in [0.717, 1.165) is 5.69 Å². The molecule has 0 saturated heterocycles. The number of anilines is 1. The number of nitrogens with two attached hydrogens (primary N) is 1. The monoisotopic (exact) mass is 205 g/mol. The second-order valence-corrected chi connectivity index (χ2v) is 3.13. The number of aromatic nitrogens is 4. The Morgan fingerprint density at radius 2 is 2.13 bits per heavy atom. The first-order chi connectivity index (χ1) is 7.15. The van der Waals surface area contributed by atoms with Crippen molar-refractivity contribution in [3.8, 4) is 11.8 Å². The van der Waals surface area contributed by atoms with Crippen LogP contribution < -0.4 is 10.5 Å². The van der Waals surface area contributed by atoms with Gasteiger partial charge in [0.05, 0.1) is 5.69 Å². The zero-order chi connectivity index (χ0) is 10.8. The third-order valence-electron chi connectivity index (χ3n) is 1.83. The molecule has 0 aliphatic rings. The third-order valence-corrected chi connectivity index (χ3v) is 1.83. The molecule has 0 fully saturated rings. The zero-order valence-corrected chi connectivity index (χ0v) is 8.51. The van der Waals surface area contributed by atoms with Crippen molar-refractivity contribution in [2.45, 2.75) is 6.92 Å². The summed E-state index contributed by atoms with van der Waals surface area (Å²) in [5, 5.41) is 4.15. The predicted molar refractivity (Wildman–Crippen MR) is 54.5 cm³/mol. The van der Waals surface area contributed by atoms with Gasteiger partial charge in [-0.2, -0.15) is 5.10 Å². The van der Waals surface area contributed by atoms with Gasteiger partial charge in [0.25, 0.3) is 0 Å². The highest BCUT2D eigenvalue weighted by molar-refractivity contribution is 5.32. The molecule has 2 aromatic heterocycles. The lowest BCUT2D eigenvalue weighted by Gasteiger charge is -2.03. The van der Waals surface area contributed by atoms with E-state index in [1.807, 2.05) is 13.0 Å². The second kappa shape index (κ2) is 3.56. The van der Waals surface area contributed by atoms with Crippen LogP contribution in [0.15, 0.2) is 18.5 Å². The van der Waals surface area contributed by atoms with Crippen molar-refractivity contribution in [1.29, 1.82) is 0 Å². The average molecular weight is 205 g/mol. The predicted octanol–water partition coefficient (Wildman–Crippen LogP) is 0.893. The van der Waals surface area contributed by atoms with Crippen LogP contribution in [0.2, 0.25) is 0 Å². The van der Waals surface area contributed by atoms with Crippen molar-refractivity contribution in [2.24, 2.45) is 7.05 Å². The first-order valence-corrected chi connectivity index (χ1v) is 4.41. The zero-order valence-electron chi connectivity index (χ0n) is 8.51. The lowest BCUT2D eigenvalue weighted by molar-refractivity contribution is 0.415. The fourth-order valence-corrected chi connectivity index (χ4v) is 1.20. The van der Waals surface area contributed by atoms with Crippen molar-refractivity contribution < 1.29 is 4.74 Å². The molecule has 0 aliphatic carbocycles. The average Bonchev–Trinajstić information content (AvgIpc) is 2.45. The summed E-state index contributed by atoms with van der Waals surface area (Å²) in [5.74, 6) is 1.40. The molecular weight excluding hydrogens is 194 g/mol. The number of hydrogen-bond acceptors (Lipinski definition) is 5. The highest BCUT2D eigenvalue weighted by Crippen LogP contribution is 2.19. The highest BCUT2D eigenvalue weighted by atomic mass is 16.5. The molecule has 0 spiro atoms. The van der Waals surface area contributed by atoms with Crippen LogP contribution in [0.4, 0.5) is 5.82 Å². The van der Waals surface area contributed by atoms with Crippen LogP contribution in [0, 0.1) is 6.92 Å². The van der Waals surface area contributed by atoms with Gasteiger partial charge in [0, 0.05) is 19.2 Å². The fraction of sp³-hybridized carbons (Fsp3) is 0.222. The van der Waals surface area contributed by atoms with Crippen LogP contribution in [0.1, 0.15) is 5.69 Å². The van der Waals surface area contributed by atoms with Crippen LogP contribution in [-0.2, 0) is 7.05 Å². The first kappa shape index (κ1) is 9.45. The van der Waals surface area contributed by atoms with Gasteiger partial charge in [-0.25, -0.2) is 14.6 Å². The quantitative estimate of drug-likeness (QED) is 0.787. The minimum absolute atomic E-state index is 0.374. The lowest BCUT2D eigenvalue weighted by Crippen LogP contribution is -1.98. The number of aryl methyl sites for hydroxylation is 2. The summed E-state index contributed by atoms with van der Waals surface area (Å²) in [6, 6.07) is 3.38. The van der Waals surface area contributed by atoms with E-state index in [2.05, 4.69) is 15.1 Å². The topological polar surface area (TPSA) is 78.9 Å². The second-order valence-electron chi connectivity index (χ2n) is 3.13. The normalized spacial score (nSPS) is 10.3. The number of nitrogen functional groups attached to an aromatic ring is 1. The van der Waals surface area contributed by atoms with Gasteiger partial charge in [-0.1, -0.05) is 0 Å². The van der Waals surface area contributed by atoms with Crippen molar-refractivity contribution in [2.75, 3.05) is 5.73 Å². The number of ether oxygens (including phenoxy) is 1. The number of nitrogens with zero attached hydrogens (tertiary/aromatic N) is 4. The Kier molecular flexibility index (Phi) is 2.24. The molecule has 6 nitrogen and oxygen atoms in total. The van der Waals surface area contributed by atoms with Crippen LogP contribution in [0.3, 0.4) is 0 Å². The molecule has 0 aliphatic heterocycles. The van der Waals surface area contributed by atoms with Crippen LogP contribution >= 0.6 is 0 Å². The first-order valence-electron chi connectivity index (χ1n) is 4.41. The van der Waals surface area contributed by atoms with Gasteiger partial charge in [0.15, 0.2) is 0 Å². The van der Waals surface area contributed by atoms with Gasteiger partial charge in [-0.15, -0.1) is 0 Å². The Morgan fingerprint density at radius 1 is 1.33 bits per heavy atom. The Morgan fingerprint density at radius 3 is 2.73 bits per heavy atom. The van der Waals surface area contributed by atoms with E-state index in [4.69, 9.17) is 10.5 Å². The lowest BCUT2D eigenvalue weighted by atomic mass is 10.5. The summed E-state index contributed by atoms with van der Waals surface area (Å²) < 4.78 is 7.11. The summed E-state index contributed by atoms with van der Waals surface area (Å²) >= 11 is 0. The van der Waals surface area contributed by atoms with E-state index in [-0.39, 0.29) is 0 Å². The van der Waals surface area contributed by atoms with E-state index in [1.165, 1.54) is 6.33 Å². The minimum Gasteiger partial charge on any atom is -0.421 e. The molecule has 15 heavy (non-hydrogen) atoms. The standard InChI is InChI=1S/C9H11N5O/c1-6-3-9(14(2)13-6)15-8-4-7(10)11-5-12-8/h3-5H,1-2H3,(H2,10,11,12). The Hall–Kier alpha value is -2.11. The van der Waals surface area contributed by atoms with Gasteiger partial charge in [-0.05, 0) is 6.92 Å². The highest BCUT2D eigenvalue weighted by Gasteiger charge is 2.05. The van der Waals surface area contributed by atoms with Crippen molar-refractivity contribution in [3.05, 3.63) is 24.2 Å². The van der Waals surface area contributed by atoms with Gasteiger partial charge < -0.3 is 10.5 Å². The summed E-state index contributed by atoms with van der Waals surface area (Å²) in [7, 11) is 1.80. The van der Waals surface area contributed by atoms with Gasteiger partial charge in [-0.3, -0.25) is 0 Å². The Bertz CT molecular complexity index is 479. The van der Waals surface area contributed by atoms with Gasteiger partial charge in [0.2, 0.25) is 11.8 Å². The number of hydrogen-bond donors (Lipinski definition) is 1. The summed E-state index contributed by atoms with van der Waals surface area (Å²) in [5.41, 5.74) is 6.39.